The highest BCUT2D eigenvalue weighted by Gasteiger charge is 2.06. The molecular weight excluding hydrogens is 144 g/mol. The molecule has 1 aromatic carbocycles. The first-order valence-corrected chi connectivity index (χ1v) is 4.52. The normalized spacial score (nSPS) is 10.8. The summed E-state index contributed by atoms with van der Waals surface area (Å²) in [6.45, 7) is 10.9. The number of rotatable bonds is 1. The van der Waals surface area contributed by atoms with Gasteiger partial charge in [0.1, 0.15) is 0 Å². The van der Waals surface area contributed by atoms with Crippen LogP contribution in [-0.2, 0) is 0 Å². The Balaban J connectivity index is 3.27. The monoisotopic (exact) mass is 161 g/mol. The van der Waals surface area contributed by atoms with E-state index in [0.29, 0.717) is 5.92 Å². The molecule has 0 bridgehead atoms. The van der Waals surface area contributed by atoms with Gasteiger partial charge in [0.25, 0.3) is 0 Å². The third-order valence-corrected chi connectivity index (χ3v) is 2.58. The molecule has 0 spiro atoms. The Morgan fingerprint density at radius 3 is 2.17 bits per heavy atom. The van der Waals surface area contributed by atoms with Crippen LogP contribution in [0.1, 0.15) is 42.0 Å². The summed E-state index contributed by atoms with van der Waals surface area (Å²) in [5, 5.41) is 0. The van der Waals surface area contributed by atoms with Gasteiger partial charge in [0, 0.05) is 0 Å². The van der Waals surface area contributed by atoms with Crippen molar-refractivity contribution in [1.82, 2.24) is 0 Å². The van der Waals surface area contributed by atoms with E-state index >= 15 is 0 Å². The predicted octanol–water partition coefficient (Wildman–Crippen LogP) is 3.54. The molecule has 0 aromatic heterocycles. The smallest absolute Gasteiger partial charge is 0.0141 e. The van der Waals surface area contributed by atoms with Crippen LogP contribution in [0.2, 0.25) is 0 Å². The van der Waals surface area contributed by atoms with Crippen molar-refractivity contribution in [2.24, 2.45) is 0 Å². The van der Waals surface area contributed by atoms with Crippen LogP contribution in [0.5, 0.6) is 0 Å². The van der Waals surface area contributed by atoms with E-state index in [9.17, 15) is 0 Å². The molecule has 12 heavy (non-hydrogen) atoms. The van der Waals surface area contributed by atoms with Gasteiger partial charge in [-0.05, 0) is 55.0 Å². The van der Waals surface area contributed by atoms with E-state index in [1.165, 1.54) is 22.3 Å². The number of hydrogen-bond acceptors (Lipinski definition) is 0. The molecule has 0 unspecified atom stereocenters. The first kappa shape index (κ1) is 9.31. The second kappa shape index (κ2) is 3.30. The van der Waals surface area contributed by atoms with E-state index in [-0.39, 0.29) is 0 Å². The highest BCUT2D eigenvalue weighted by Crippen LogP contribution is 2.22. The van der Waals surface area contributed by atoms with E-state index in [1.54, 1.807) is 0 Å². The van der Waals surface area contributed by atoms with E-state index in [4.69, 9.17) is 0 Å². The summed E-state index contributed by atoms with van der Waals surface area (Å²) in [5.74, 6) is 0.587. The predicted molar refractivity (Wildman–Crippen MR) is 53.6 cm³/mol. The molecule has 0 N–H and O–H groups in total. The van der Waals surface area contributed by atoms with Gasteiger partial charge in [0.15, 0.2) is 0 Å². The summed E-state index contributed by atoms with van der Waals surface area (Å²) in [7, 11) is 0. The average molecular weight is 161 g/mol. The number of benzene rings is 1. The first-order chi connectivity index (χ1) is 5.54. The lowest BCUT2D eigenvalue weighted by atomic mass is 9.92. The fraction of sp³-hybridized carbons (Fsp3) is 0.500. The third kappa shape index (κ3) is 1.52. The van der Waals surface area contributed by atoms with E-state index in [2.05, 4.69) is 46.8 Å². The Kier molecular flexibility index (Phi) is 2.56. The minimum absolute atomic E-state index is 0.587. The molecule has 0 nitrogen and oxygen atoms in total. The molecule has 1 aromatic rings. The third-order valence-electron chi connectivity index (χ3n) is 2.58. The Labute approximate surface area is 75.6 Å². The van der Waals surface area contributed by atoms with Crippen molar-refractivity contribution < 1.29 is 0 Å². The molecule has 0 heterocycles. The maximum absolute atomic E-state index is 3.35. The van der Waals surface area contributed by atoms with E-state index < -0.39 is 0 Å². The minimum atomic E-state index is 0.587. The lowest BCUT2D eigenvalue weighted by molar-refractivity contribution is 0.850. The largest absolute Gasteiger partial charge is 0.0586 e. The first-order valence-electron chi connectivity index (χ1n) is 4.52. The van der Waals surface area contributed by atoms with Gasteiger partial charge in [-0.3, -0.25) is 0 Å². The second-order valence-electron chi connectivity index (χ2n) is 3.79. The molecular formula is C12H17. The van der Waals surface area contributed by atoms with Gasteiger partial charge in [-0.15, -0.1) is 0 Å². The van der Waals surface area contributed by atoms with Crippen LogP contribution in [0.15, 0.2) is 6.07 Å². The molecule has 0 heteroatoms. The van der Waals surface area contributed by atoms with Gasteiger partial charge in [0.05, 0.1) is 0 Å². The molecule has 0 amide bonds. The van der Waals surface area contributed by atoms with Crippen LogP contribution >= 0.6 is 0 Å². The summed E-state index contributed by atoms with van der Waals surface area (Å²) < 4.78 is 0. The molecule has 0 fully saturated rings. The standard InChI is InChI=1S/C12H17/c1-8(2)12-7-6-9(3)10(4)11(12)5/h6,8H,1-5H3. The maximum atomic E-state index is 3.35. The van der Waals surface area contributed by atoms with Gasteiger partial charge < -0.3 is 0 Å². The maximum Gasteiger partial charge on any atom is -0.0141 e. The van der Waals surface area contributed by atoms with Crippen LogP contribution in [0.3, 0.4) is 0 Å². The van der Waals surface area contributed by atoms with Gasteiger partial charge in [0.2, 0.25) is 0 Å². The highest BCUT2D eigenvalue weighted by atomic mass is 14.1. The van der Waals surface area contributed by atoms with Gasteiger partial charge in [-0.1, -0.05) is 19.9 Å². The molecule has 65 valence electrons. The van der Waals surface area contributed by atoms with Crippen molar-refractivity contribution in [1.29, 1.82) is 0 Å². The van der Waals surface area contributed by atoms with Crippen LogP contribution in [-0.4, -0.2) is 0 Å². The Morgan fingerprint density at radius 2 is 1.67 bits per heavy atom. The zero-order chi connectivity index (χ0) is 9.30. The lowest BCUT2D eigenvalue weighted by Crippen LogP contribution is -1.96. The van der Waals surface area contributed by atoms with Crippen molar-refractivity contribution in [3.05, 3.63) is 34.4 Å². The van der Waals surface area contributed by atoms with Gasteiger partial charge >= 0.3 is 0 Å². The van der Waals surface area contributed by atoms with Crippen molar-refractivity contribution in [3.8, 4) is 0 Å². The Bertz CT molecular complexity index is 282. The molecule has 0 aliphatic heterocycles. The summed E-state index contributed by atoms with van der Waals surface area (Å²) in [6, 6.07) is 5.44. The summed E-state index contributed by atoms with van der Waals surface area (Å²) in [5.41, 5.74) is 5.53. The zero-order valence-corrected chi connectivity index (χ0v) is 8.65. The van der Waals surface area contributed by atoms with Gasteiger partial charge in [-0.25, -0.2) is 0 Å². The highest BCUT2D eigenvalue weighted by molar-refractivity contribution is 5.39. The molecule has 0 atom stereocenters. The fourth-order valence-electron chi connectivity index (χ4n) is 1.50. The van der Waals surface area contributed by atoms with Crippen LogP contribution in [0.4, 0.5) is 0 Å². The molecule has 0 saturated heterocycles. The average Bonchev–Trinajstić information content (AvgIpc) is 2.00. The molecule has 0 aliphatic rings. The lowest BCUT2D eigenvalue weighted by Gasteiger charge is -2.13. The van der Waals surface area contributed by atoms with E-state index in [1.807, 2.05) is 0 Å². The second-order valence-corrected chi connectivity index (χ2v) is 3.79. The molecule has 1 radical (unpaired) electrons. The zero-order valence-electron chi connectivity index (χ0n) is 8.65. The van der Waals surface area contributed by atoms with Gasteiger partial charge in [-0.2, -0.15) is 0 Å². The quantitative estimate of drug-likeness (QED) is 0.591. The van der Waals surface area contributed by atoms with Crippen molar-refractivity contribution >= 4 is 0 Å². The summed E-state index contributed by atoms with van der Waals surface area (Å²) in [4.78, 5) is 0. The number of aryl methyl sites for hydroxylation is 1. The van der Waals surface area contributed by atoms with Crippen LogP contribution in [0.25, 0.3) is 0 Å². The molecule has 0 saturated carbocycles. The Morgan fingerprint density at radius 1 is 1.08 bits per heavy atom. The van der Waals surface area contributed by atoms with Crippen molar-refractivity contribution in [3.63, 3.8) is 0 Å². The van der Waals surface area contributed by atoms with Crippen LogP contribution < -0.4 is 0 Å². The summed E-state index contributed by atoms with van der Waals surface area (Å²) >= 11 is 0. The SMILES string of the molecule is Cc1c[c]c(C(C)C)c(C)c1C. The summed E-state index contributed by atoms with van der Waals surface area (Å²) in [6.07, 6.45) is 0. The molecule has 0 aliphatic carbocycles. The minimum Gasteiger partial charge on any atom is -0.0586 e. The Hall–Kier alpha value is -0.780. The van der Waals surface area contributed by atoms with Crippen molar-refractivity contribution in [2.45, 2.75) is 40.5 Å². The fourth-order valence-corrected chi connectivity index (χ4v) is 1.50. The topological polar surface area (TPSA) is 0 Å². The van der Waals surface area contributed by atoms with E-state index in [0.717, 1.165) is 0 Å². The number of hydrogen-bond donors (Lipinski definition) is 0. The molecule has 1 rings (SSSR count). The van der Waals surface area contributed by atoms with Crippen molar-refractivity contribution in [2.75, 3.05) is 0 Å². The van der Waals surface area contributed by atoms with Crippen LogP contribution in [0, 0.1) is 26.8 Å².